The lowest BCUT2D eigenvalue weighted by Crippen LogP contribution is -2.36. The standard InChI is InChI=1S/C25H23ClN2O6/c26-13-9-18(22(27)19(10-13)24(31)32)23(30)21(29)11-28-25(33)34-12-20-16-7-3-1-5-14(16)15-6-2-4-8-17(15)20/h1-10,20-21,23,29-30H,11-12,27H2,(H,28,33)(H,31,32). The Morgan fingerprint density at radius 2 is 1.62 bits per heavy atom. The van der Waals surface area contributed by atoms with Crippen LogP contribution >= 0.6 is 11.6 Å². The van der Waals surface area contributed by atoms with E-state index in [0.29, 0.717) is 0 Å². The smallest absolute Gasteiger partial charge is 0.407 e. The highest BCUT2D eigenvalue weighted by Gasteiger charge is 2.29. The fraction of sp³-hybridized carbons (Fsp3) is 0.200. The minimum Gasteiger partial charge on any atom is -0.478 e. The molecule has 1 aliphatic rings. The molecule has 0 spiro atoms. The van der Waals surface area contributed by atoms with Gasteiger partial charge in [-0.2, -0.15) is 0 Å². The Morgan fingerprint density at radius 1 is 1.03 bits per heavy atom. The van der Waals surface area contributed by atoms with E-state index >= 15 is 0 Å². The topological polar surface area (TPSA) is 142 Å². The van der Waals surface area contributed by atoms with Crippen molar-refractivity contribution < 1.29 is 29.6 Å². The number of nitrogens with two attached hydrogens (primary N) is 1. The van der Waals surface area contributed by atoms with Crippen LogP contribution in [0.2, 0.25) is 5.02 Å². The highest BCUT2D eigenvalue weighted by atomic mass is 35.5. The molecule has 176 valence electrons. The molecule has 3 aromatic rings. The summed E-state index contributed by atoms with van der Waals surface area (Å²) < 4.78 is 5.40. The molecular weight excluding hydrogens is 460 g/mol. The number of carbonyl (C=O) groups is 2. The Labute approximate surface area is 200 Å². The number of nitrogen functional groups attached to an aromatic ring is 1. The van der Waals surface area contributed by atoms with Crippen molar-refractivity contribution in [1.82, 2.24) is 5.32 Å². The number of alkyl carbamates (subject to hydrolysis) is 1. The molecule has 9 heteroatoms. The lowest BCUT2D eigenvalue weighted by Gasteiger charge is -2.21. The zero-order valence-corrected chi connectivity index (χ0v) is 18.7. The maximum Gasteiger partial charge on any atom is 0.407 e. The molecule has 4 rings (SSSR count). The lowest BCUT2D eigenvalue weighted by molar-refractivity contribution is 0.0189. The third-order valence-corrected chi connectivity index (χ3v) is 6.11. The normalized spacial score (nSPS) is 14.1. The Morgan fingerprint density at radius 3 is 2.21 bits per heavy atom. The van der Waals surface area contributed by atoms with Crippen LogP contribution in [-0.4, -0.2) is 46.6 Å². The van der Waals surface area contributed by atoms with Crippen LogP contribution in [0.3, 0.4) is 0 Å². The Kier molecular flexibility index (Phi) is 6.74. The van der Waals surface area contributed by atoms with Gasteiger partial charge in [0.15, 0.2) is 0 Å². The van der Waals surface area contributed by atoms with Gasteiger partial charge in [-0.15, -0.1) is 0 Å². The molecule has 1 aliphatic carbocycles. The van der Waals surface area contributed by atoms with Crippen LogP contribution < -0.4 is 11.1 Å². The monoisotopic (exact) mass is 482 g/mol. The Balaban J connectivity index is 1.37. The number of aromatic carboxylic acids is 1. The van der Waals surface area contributed by atoms with Crippen molar-refractivity contribution in [2.24, 2.45) is 0 Å². The van der Waals surface area contributed by atoms with Gasteiger partial charge in [0, 0.05) is 23.0 Å². The third-order valence-electron chi connectivity index (χ3n) is 5.89. The minimum absolute atomic E-state index is 0.0392. The summed E-state index contributed by atoms with van der Waals surface area (Å²) in [5.41, 5.74) is 9.60. The third kappa shape index (κ3) is 4.56. The molecule has 3 aromatic carbocycles. The average molecular weight is 483 g/mol. The number of amides is 1. The summed E-state index contributed by atoms with van der Waals surface area (Å²) in [5.74, 6) is -1.44. The SMILES string of the molecule is Nc1c(C(=O)O)cc(Cl)cc1C(O)C(O)CNC(=O)OCC1c2ccccc2-c2ccccc21. The molecule has 1 amide bonds. The summed E-state index contributed by atoms with van der Waals surface area (Å²) in [7, 11) is 0. The molecule has 34 heavy (non-hydrogen) atoms. The van der Waals surface area contributed by atoms with Crippen LogP contribution in [0, 0.1) is 0 Å². The molecule has 0 saturated carbocycles. The van der Waals surface area contributed by atoms with Crippen molar-refractivity contribution in [3.8, 4) is 11.1 Å². The van der Waals surface area contributed by atoms with Gasteiger partial charge in [-0.3, -0.25) is 0 Å². The number of carboxylic acid groups (broad SMARTS) is 1. The van der Waals surface area contributed by atoms with Crippen molar-refractivity contribution in [1.29, 1.82) is 0 Å². The molecule has 2 atom stereocenters. The molecule has 0 fully saturated rings. The van der Waals surface area contributed by atoms with Gasteiger partial charge in [-0.05, 0) is 34.4 Å². The first-order valence-electron chi connectivity index (χ1n) is 10.5. The summed E-state index contributed by atoms with van der Waals surface area (Å²) in [5, 5.41) is 32.5. The number of nitrogens with one attached hydrogen (secondary N) is 1. The predicted molar refractivity (Wildman–Crippen MR) is 127 cm³/mol. The lowest BCUT2D eigenvalue weighted by atomic mass is 9.98. The zero-order chi connectivity index (χ0) is 24.4. The Bertz CT molecular complexity index is 1200. The van der Waals surface area contributed by atoms with Crippen molar-refractivity contribution in [2.45, 2.75) is 18.1 Å². The van der Waals surface area contributed by atoms with Gasteiger partial charge >= 0.3 is 12.1 Å². The van der Waals surface area contributed by atoms with E-state index < -0.39 is 24.3 Å². The molecule has 0 bridgehead atoms. The summed E-state index contributed by atoms with van der Waals surface area (Å²) in [6.45, 7) is -0.256. The van der Waals surface area contributed by atoms with Crippen LogP contribution in [0.4, 0.5) is 10.5 Å². The van der Waals surface area contributed by atoms with E-state index in [2.05, 4.69) is 5.32 Å². The number of rotatable bonds is 7. The number of benzene rings is 3. The van der Waals surface area contributed by atoms with Crippen LogP contribution in [-0.2, 0) is 4.74 Å². The average Bonchev–Trinajstić information content (AvgIpc) is 3.15. The van der Waals surface area contributed by atoms with Crippen LogP contribution in [0.5, 0.6) is 0 Å². The number of aliphatic hydroxyl groups is 2. The number of ether oxygens (including phenoxy) is 1. The van der Waals surface area contributed by atoms with Crippen LogP contribution in [0.1, 0.15) is 39.1 Å². The van der Waals surface area contributed by atoms with Gasteiger partial charge < -0.3 is 31.1 Å². The van der Waals surface area contributed by atoms with Crippen molar-refractivity contribution in [2.75, 3.05) is 18.9 Å². The summed E-state index contributed by atoms with van der Waals surface area (Å²) in [4.78, 5) is 23.6. The number of hydrogen-bond donors (Lipinski definition) is 5. The van der Waals surface area contributed by atoms with E-state index in [-0.39, 0.29) is 40.9 Å². The van der Waals surface area contributed by atoms with E-state index in [9.17, 15) is 24.9 Å². The molecule has 0 radical (unpaired) electrons. The number of carboxylic acids is 1. The van der Waals surface area contributed by atoms with E-state index in [0.717, 1.165) is 28.3 Å². The Hall–Kier alpha value is -3.59. The maximum absolute atomic E-state index is 12.3. The van der Waals surface area contributed by atoms with Gasteiger partial charge in [0.2, 0.25) is 0 Å². The highest BCUT2D eigenvalue weighted by Crippen LogP contribution is 2.44. The maximum atomic E-state index is 12.3. The molecule has 0 heterocycles. The molecular formula is C25H23ClN2O6. The number of aliphatic hydroxyl groups excluding tert-OH is 2. The first-order valence-corrected chi connectivity index (χ1v) is 10.9. The molecule has 0 aromatic heterocycles. The summed E-state index contributed by atoms with van der Waals surface area (Å²) in [6, 6.07) is 18.3. The highest BCUT2D eigenvalue weighted by molar-refractivity contribution is 6.31. The minimum atomic E-state index is -1.58. The number of hydrogen-bond acceptors (Lipinski definition) is 6. The number of fused-ring (bicyclic) bond motifs is 3. The van der Waals surface area contributed by atoms with E-state index in [1.807, 2.05) is 48.5 Å². The zero-order valence-electron chi connectivity index (χ0n) is 17.9. The van der Waals surface area contributed by atoms with Gasteiger partial charge in [0.05, 0.1) is 11.3 Å². The predicted octanol–water partition coefficient (Wildman–Crippen LogP) is 3.55. The second-order valence-electron chi connectivity index (χ2n) is 7.98. The first kappa shape index (κ1) is 23.6. The number of halogens is 1. The fourth-order valence-electron chi connectivity index (χ4n) is 4.22. The van der Waals surface area contributed by atoms with Gasteiger partial charge in [-0.25, -0.2) is 9.59 Å². The van der Waals surface area contributed by atoms with Gasteiger partial charge in [0.25, 0.3) is 0 Å². The first-order chi connectivity index (χ1) is 16.3. The summed E-state index contributed by atoms with van der Waals surface area (Å²) in [6.07, 6.45) is -3.83. The van der Waals surface area contributed by atoms with Gasteiger partial charge in [0.1, 0.15) is 18.8 Å². The molecule has 2 unspecified atom stereocenters. The van der Waals surface area contributed by atoms with Crippen LogP contribution in [0.15, 0.2) is 60.7 Å². The van der Waals surface area contributed by atoms with Crippen LogP contribution in [0.25, 0.3) is 11.1 Å². The number of anilines is 1. The number of carbonyl (C=O) groups excluding carboxylic acids is 1. The van der Waals surface area contributed by atoms with E-state index in [1.165, 1.54) is 6.07 Å². The fourth-order valence-corrected chi connectivity index (χ4v) is 4.44. The van der Waals surface area contributed by atoms with Gasteiger partial charge in [-0.1, -0.05) is 60.1 Å². The van der Waals surface area contributed by atoms with E-state index in [1.54, 1.807) is 0 Å². The van der Waals surface area contributed by atoms with Crippen molar-refractivity contribution >= 4 is 29.4 Å². The quantitative estimate of drug-likeness (QED) is 0.324. The van der Waals surface area contributed by atoms with E-state index in [4.69, 9.17) is 22.1 Å². The van der Waals surface area contributed by atoms with Crippen molar-refractivity contribution in [3.63, 3.8) is 0 Å². The van der Waals surface area contributed by atoms with Crippen molar-refractivity contribution in [3.05, 3.63) is 87.9 Å². The molecule has 0 aliphatic heterocycles. The molecule has 8 nitrogen and oxygen atoms in total. The largest absolute Gasteiger partial charge is 0.478 e. The molecule has 0 saturated heterocycles. The second kappa shape index (κ2) is 9.72. The molecule has 6 N–H and O–H groups in total. The second-order valence-corrected chi connectivity index (χ2v) is 8.42. The summed E-state index contributed by atoms with van der Waals surface area (Å²) >= 11 is 5.92.